The van der Waals surface area contributed by atoms with Gasteiger partial charge in [-0.2, -0.15) is 5.26 Å². The van der Waals surface area contributed by atoms with Crippen LogP contribution in [-0.2, 0) is 6.42 Å². The zero-order valence-electron chi connectivity index (χ0n) is 9.03. The second-order valence-electron chi connectivity index (χ2n) is 4.21. The molecule has 0 aromatic heterocycles. The van der Waals surface area contributed by atoms with Gasteiger partial charge in [0.25, 0.3) is 5.69 Å². The molecule has 0 N–H and O–H groups in total. The number of nitrogens with zero attached hydrogens (tertiary/aromatic N) is 2. The van der Waals surface area contributed by atoms with E-state index in [1.165, 1.54) is 12.1 Å². The fourth-order valence-corrected chi connectivity index (χ4v) is 1.82. The van der Waals surface area contributed by atoms with E-state index >= 15 is 0 Å². The lowest BCUT2D eigenvalue weighted by atomic mass is 9.87. The summed E-state index contributed by atoms with van der Waals surface area (Å²) in [6.07, 6.45) is 0.558. The number of hydrogen-bond donors (Lipinski definition) is 0. The number of hydrogen-bond acceptors (Lipinski definition) is 3. The predicted octanol–water partition coefficient (Wildman–Crippen LogP) is 3.45. The van der Waals surface area contributed by atoms with Crippen molar-refractivity contribution < 1.29 is 4.92 Å². The number of nitro groups is 1. The Labute approximate surface area is 102 Å². The third kappa shape index (κ3) is 3.04. The highest BCUT2D eigenvalue weighted by Crippen LogP contribution is 2.28. The molecule has 16 heavy (non-hydrogen) atoms. The summed E-state index contributed by atoms with van der Waals surface area (Å²) in [5.41, 5.74) is 0.473. The molecule has 1 aromatic carbocycles. The van der Waals surface area contributed by atoms with E-state index in [1.54, 1.807) is 6.07 Å². The molecule has 0 heterocycles. The van der Waals surface area contributed by atoms with E-state index in [0.29, 0.717) is 10.9 Å². The Morgan fingerprint density at radius 2 is 2.19 bits per heavy atom. The van der Waals surface area contributed by atoms with E-state index in [2.05, 4.69) is 22.0 Å². The Kier molecular flexibility index (Phi) is 3.66. The quantitative estimate of drug-likeness (QED) is 0.630. The zero-order valence-corrected chi connectivity index (χ0v) is 10.6. The third-order valence-corrected chi connectivity index (χ3v) is 2.92. The van der Waals surface area contributed by atoms with Gasteiger partial charge >= 0.3 is 0 Å². The van der Waals surface area contributed by atoms with Crippen molar-refractivity contribution in [1.29, 1.82) is 5.26 Å². The molecular weight excluding hydrogens is 272 g/mol. The molecule has 5 heteroatoms. The summed E-state index contributed by atoms with van der Waals surface area (Å²) in [5, 5.41) is 19.5. The van der Waals surface area contributed by atoms with E-state index < -0.39 is 10.3 Å². The fourth-order valence-electron chi connectivity index (χ4n) is 1.31. The average molecular weight is 283 g/mol. The van der Waals surface area contributed by atoms with Crippen LogP contribution in [0.1, 0.15) is 19.4 Å². The van der Waals surface area contributed by atoms with Crippen LogP contribution in [-0.4, -0.2) is 4.92 Å². The summed E-state index contributed by atoms with van der Waals surface area (Å²) in [6, 6.07) is 6.79. The average Bonchev–Trinajstić information content (AvgIpc) is 2.20. The van der Waals surface area contributed by atoms with Crippen molar-refractivity contribution in [3.05, 3.63) is 38.3 Å². The van der Waals surface area contributed by atoms with Crippen molar-refractivity contribution in [2.75, 3.05) is 0 Å². The maximum atomic E-state index is 10.5. The van der Waals surface area contributed by atoms with Gasteiger partial charge in [0, 0.05) is 16.6 Å². The minimum Gasteiger partial charge on any atom is -0.258 e. The molecule has 4 nitrogen and oxygen atoms in total. The molecule has 0 fully saturated rings. The second kappa shape index (κ2) is 4.62. The van der Waals surface area contributed by atoms with Crippen LogP contribution < -0.4 is 0 Å². The van der Waals surface area contributed by atoms with Gasteiger partial charge in [-0.1, -0.05) is 22.0 Å². The third-order valence-electron chi connectivity index (χ3n) is 2.18. The number of benzene rings is 1. The van der Waals surface area contributed by atoms with Gasteiger partial charge < -0.3 is 0 Å². The van der Waals surface area contributed by atoms with Gasteiger partial charge in [-0.25, -0.2) is 0 Å². The molecular formula is C11H11BrN2O2. The number of non-ortho nitro benzene ring substituents is 1. The van der Waals surface area contributed by atoms with Gasteiger partial charge in [-0.05, 0) is 25.8 Å². The summed E-state index contributed by atoms with van der Waals surface area (Å²) in [4.78, 5) is 10.1. The molecule has 0 amide bonds. The van der Waals surface area contributed by atoms with Crippen molar-refractivity contribution in [1.82, 2.24) is 0 Å². The standard InChI is InChI=1S/C11H11BrN2O2/c1-11(2,7-13)6-8-3-4-9(14(15)16)5-10(8)12/h3-5H,6H2,1-2H3. The first-order valence-electron chi connectivity index (χ1n) is 4.70. The maximum absolute atomic E-state index is 10.5. The number of nitriles is 1. The molecule has 0 spiro atoms. The van der Waals surface area contributed by atoms with E-state index in [1.807, 2.05) is 13.8 Å². The molecule has 0 aliphatic rings. The van der Waals surface area contributed by atoms with Gasteiger partial charge in [-0.3, -0.25) is 10.1 Å². The molecule has 0 unspecified atom stereocenters. The van der Waals surface area contributed by atoms with Crippen LogP contribution in [0.15, 0.2) is 22.7 Å². The van der Waals surface area contributed by atoms with E-state index in [0.717, 1.165) is 5.56 Å². The van der Waals surface area contributed by atoms with Crippen LogP contribution in [0.4, 0.5) is 5.69 Å². The first kappa shape index (κ1) is 12.7. The molecule has 0 atom stereocenters. The fraction of sp³-hybridized carbons (Fsp3) is 0.364. The molecule has 0 aliphatic carbocycles. The van der Waals surface area contributed by atoms with Crippen LogP contribution in [0.25, 0.3) is 0 Å². The highest BCUT2D eigenvalue weighted by atomic mass is 79.9. The Morgan fingerprint density at radius 1 is 1.56 bits per heavy atom. The molecule has 1 rings (SSSR count). The molecule has 84 valence electrons. The minimum absolute atomic E-state index is 0.0467. The van der Waals surface area contributed by atoms with Crippen LogP contribution in [0, 0.1) is 26.9 Å². The summed E-state index contributed by atoms with van der Waals surface area (Å²) >= 11 is 3.28. The topological polar surface area (TPSA) is 66.9 Å². The summed E-state index contributed by atoms with van der Waals surface area (Å²) in [5.74, 6) is 0. The first-order chi connectivity index (χ1) is 7.35. The van der Waals surface area contributed by atoms with E-state index in [4.69, 9.17) is 5.26 Å². The second-order valence-corrected chi connectivity index (χ2v) is 5.06. The van der Waals surface area contributed by atoms with Crippen LogP contribution in [0.3, 0.4) is 0 Å². The Morgan fingerprint density at radius 3 is 2.62 bits per heavy atom. The van der Waals surface area contributed by atoms with Gasteiger partial charge in [0.1, 0.15) is 0 Å². The highest BCUT2D eigenvalue weighted by molar-refractivity contribution is 9.10. The van der Waals surface area contributed by atoms with E-state index in [9.17, 15) is 10.1 Å². The monoisotopic (exact) mass is 282 g/mol. The van der Waals surface area contributed by atoms with Gasteiger partial charge in [0.2, 0.25) is 0 Å². The predicted molar refractivity (Wildman–Crippen MR) is 63.9 cm³/mol. The van der Waals surface area contributed by atoms with Crippen molar-refractivity contribution >= 4 is 21.6 Å². The largest absolute Gasteiger partial charge is 0.270 e. The molecule has 0 aliphatic heterocycles. The van der Waals surface area contributed by atoms with Crippen LogP contribution >= 0.6 is 15.9 Å². The number of nitro benzene ring substituents is 1. The van der Waals surface area contributed by atoms with Gasteiger partial charge in [0.05, 0.1) is 16.4 Å². The molecule has 0 saturated carbocycles. The van der Waals surface area contributed by atoms with Crippen LogP contribution in [0.5, 0.6) is 0 Å². The van der Waals surface area contributed by atoms with Crippen molar-refractivity contribution in [3.63, 3.8) is 0 Å². The normalized spacial score (nSPS) is 10.9. The smallest absolute Gasteiger partial charge is 0.258 e. The number of rotatable bonds is 3. The minimum atomic E-state index is -0.474. The summed E-state index contributed by atoms with van der Waals surface area (Å²) in [7, 11) is 0. The maximum Gasteiger partial charge on any atom is 0.270 e. The van der Waals surface area contributed by atoms with Gasteiger partial charge in [-0.15, -0.1) is 0 Å². The van der Waals surface area contributed by atoms with Gasteiger partial charge in [0.15, 0.2) is 0 Å². The summed E-state index contributed by atoms with van der Waals surface area (Å²) < 4.78 is 0.671. The molecule has 1 aromatic rings. The molecule has 0 radical (unpaired) electrons. The lowest BCUT2D eigenvalue weighted by molar-refractivity contribution is -0.384. The molecule has 0 saturated heterocycles. The van der Waals surface area contributed by atoms with Crippen LogP contribution in [0.2, 0.25) is 0 Å². The zero-order chi connectivity index (χ0) is 12.3. The van der Waals surface area contributed by atoms with E-state index in [-0.39, 0.29) is 5.69 Å². The van der Waals surface area contributed by atoms with Crippen molar-refractivity contribution in [3.8, 4) is 6.07 Å². The Hall–Kier alpha value is -1.41. The highest BCUT2D eigenvalue weighted by Gasteiger charge is 2.19. The Bertz CT molecular complexity index is 464. The molecule has 0 bridgehead atoms. The lowest BCUT2D eigenvalue weighted by Gasteiger charge is -2.15. The number of halogens is 1. The first-order valence-corrected chi connectivity index (χ1v) is 5.49. The van der Waals surface area contributed by atoms with Crippen molar-refractivity contribution in [2.24, 2.45) is 5.41 Å². The van der Waals surface area contributed by atoms with Crippen molar-refractivity contribution in [2.45, 2.75) is 20.3 Å². The Balaban J connectivity index is 3.02. The summed E-state index contributed by atoms with van der Waals surface area (Å²) in [6.45, 7) is 3.67. The SMILES string of the molecule is CC(C)(C#N)Cc1ccc([N+](=O)[O-])cc1Br. The lowest BCUT2D eigenvalue weighted by Crippen LogP contribution is -2.12.